The summed E-state index contributed by atoms with van der Waals surface area (Å²) in [6.07, 6.45) is 3.39. The topological polar surface area (TPSA) is 47.7 Å². The summed E-state index contributed by atoms with van der Waals surface area (Å²) < 4.78 is 10.8. The quantitative estimate of drug-likeness (QED) is 0.899. The van der Waals surface area contributed by atoms with Crippen LogP contribution in [0.5, 0.6) is 11.5 Å². The van der Waals surface area contributed by atoms with Crippen LogP contribution in [0.2, 0.25) is 0 Å². The molecule has 1 heterocycles. The van der Waals surface area contributed by atoms with E-state index in [0.717, 1.165) is 37.4 Å². The summed E-state index contributed by atoms with van der Waals surface area (Å²) in [5, 5.41) is 0. The van der Waals surface area contributed by atoms with E-state index in [1.54, 1.807) is 14.2 Å². The first-order valence-electron chi connectivity index (χ1n) is 7.42. The molecule has 0 aliphatic carbocycles. The maximum atomic E-state index is 6.40. The van der Waals surface area contributed by atoms with Crippen molar-refractivity contribution in [3.05, 3.63) is 23.8 Å². The van der Waals surface area contributed by atoms with Crippen LogP contribution >= 0.6 is 0 Å². The van der Waals surface area contributed by atoms with Gasteiger partial charge in [-0.2, -0.15) is 0 Å². The van der Waals surface area contributed by atoms with Crippen LogP contribution in [-0.2, 0) is 0 Å². The fourth-order valence-electron chi connectivity index (χ4n) is 3.13. The molecule has 2 atom stereocenters. The van der Waals surface area contributed by atoms with Gasteiger partial charge in [0.15, 0.2) is 0 Å². The van der Waals surface area contributed by atoms with E-state index in [1.165, 1.54) is 12.0 Å². The zero-order valence-electron chi connectivity index (χ0n) is 12.8. The zero-order valence-corrected chi connectivity index (χ0v) is 12.8. The second kappa shape index (κ2) is 6.95. The van der Waals surface area contributed by atoms with Crippen LogP contribution in [0.15, 0.2) is 18.2 Å². The SMILES string of the molecule is CCCN1CCCC(N)C1c1ccc(OC)cc1OC. The van der Waals surface area contributed by atoms with Crippen LogP contribution in [0.4, 0.5) is 0 Å². The molecule has 4 nitrogen and oxygen atoms in total. The lowest BCUT2D eigenvalue weighted by Crippen LogP contribution is -2.46. The number of methoxy groups -OCH3 is 2. The fourth-order valence-corrected chi connectivity index (χ4v) is 3.13. The summed E-state index contributed by atoms with van der Waals surface area (Å²) in [6, 6.07) is 6.43. The van der Waals surface area contributed by atoms with E-state index in [9.17, 15) is 0 Å². The lowest BCUT2D eigenvalue weighted by molar-refractivity contribution is 0.126. The van der Waals surface area contributed by atoms with Gasteiger partial charge in [-0.15, -0.1) is 0 Å². The molecule has 112 valence electrons. The van der Waals surface area contributed by atoms with Crippen molar-refractivity contribution in [2.24, 2.45) is 5.73 Å². The minimum Gasteiger partial charge on any atom is -0.497 e. The van der Waals surface area contributed by atoms with Gasteiger partial charge < -0.3 is 15.2 Å². The minimum atomic E-state index is 0.164. The predicted octanol–water partition coefficient (Wildman–Crippen LogP) is 2.58. The van der Waals surface area contributed by atoms with E-state index >= 15 is 0 Å². The third-order valence-corrected chi connectivity index (χ3v) is 4.05. The van der Waals surface area contributed by atoms with Crippen LogP contribution in [0, 0.1) is 0 Å². The summed E-state index contributed by atoms with van der Waals surface area (Å²) in [6.45, 7) is 4.40. The molecule has 4 heteroatoms. The van der Waals surface area contributed by atoms with Crippen molar-refractivity contribution in [3.8, 4) is 11.5 Å². The second-order valence-corrected chi connectivity index (χ2v) is 5.39. The van der Waals surface area contributed by atoms with Crippen molar-refractivity contribution in [2.45, 2.75) is 38.3 Å². The highest BCUT2D eigenvalue weighted by Gasteiger charge is 2.31. The largest absolute Gasteiger partial charge is 0.497 e. The second-order valence-electron chi connectivity index (χ2n) is 5.39. The van der Waals surface area contributed by atoms with Crippen LogP contribution < -0.4 is 15.2 Å². The Morgan fingerprint density at radius 2 is 2.10 bits per heavy atom. The summed E-state index contributed by atoms with van der Waals surface area (Å²) in [5.74, 6) is 1.69. The Morgan fingerprint density at radius 3 is 2.75 bits per heavy atom. The van der Waals surface area contributed by atoms with E-state index in [2.05, 4.69) is 17.9 Å². The zero-order chi connectivity index (χ0) is 14.5. The Bertz CT molecular complexity index is 434. The van der Waals surface area contributed by atoms with Crippen molar-refractivity contribution in [1.29, 1.82) is 0 Å². The Morgan fingerprint density at radius 1 is 1.30 bits per heavy atom. The van der Waals surface area contributed by atoms with Crippen LogP contribution in [0.25, 0.3) is 0 Å². The first-order chi connectivity index (χ1) is 9.71. The average Bonchev–Trinajstić information content (AvgIpc) is 2.47. The number of rotatable bonds is 5. The molecule has 0 amide bonds. The van der Waals surface area contributed by atoms with Crippen LogP contribution in [-0.4, -0.2) is 38.3 Å². The Balaban J connectivity index is 2.35. The van der Waals surface area contributed by atoms with Crippen molar-refractivity contribution < 1.29 is 9.47 Å². The van der Waals surface area contributed by atoms with E-state index in [-0.39, 0.29) is 12.1 Å². The van der Waals surface area contributed by atoms with E-state index in [4.69, 9.17) is 15.2 Å². The van der Waals surface area contributed by atoms with Gasteiger partial charge in [-0.25, -0.2) is 0 Å². The molecule has 0 spiro atoms. The summed E-state index contributed by atoms with van der Waals surface area (Å²) in [5.41, 5.74) is 7.57. The third kappa shape index (κ3) is 3.07. The molecule has 2 N–H and O–H groups in total. The molecule has 1 saturated heterocycles. The number of piperidine rings is 1. The number of benzene rings is 1. The van der Waals surface area contributed by atoms with E-state index < -0.39 is 0 Å². The van der Waals surface area contributed by atoms with Gasteiger partial charge >= 0.3 is 0 Å². The molecular formula is C16H26N2O2. The van der Waals surface area contributed by atoms with E-state index in [1.807, 2.05) is 12.1 Å². The van der Waals surface area contributed by atoms with Gasteiger partial charge in [0.05, 0.1) is 20.3 Å². The molecule has 1 aromatic carbocycles. The number of nitrogens with two attached hydrogens (primary N) is 1. The van der Waals surface area contributed by atoms with Crippen molar-refractivity contribution in [1.82, 2.24) is 4.90 Å². The van der Waals surface area contributed by atoms with Crippen LogP contribution in [0.1, 0.15) is 37.8 Å². The maximum Gasteiger partial charge on any atom is 0.127 e. The van der Waals surface area contributed by atoms with Crippen molar-refractivity contribution in [3.63, 3.8) is 0 Å². The monoisotopic (exact) mass is 278 g/mol. The number of hydrogen-bond acceptors (Lipinski definition) is 4. The Labute approximate surface area is 121 Å². The molecule has 1 aromatic rings. The van der Waals surface area contributed by atoms with Gasteiger partial charge in [-0.1, -0.05) is 13.0 Å². The number of likely N-dealkylation sites (tertiary alicyclic amines) is 1. The Kier molecular flexibility index (Phi) is 5.26. The fraction of sp³-hybridized carbons (Fsp3) is 0.625. The molecule has 20 heavy (non-hydrogen) atoms. The maximum absolute atomic E-state index is 6.40. The molecule has 0 radical (unpaired) electrons. The molecule has 2 unspecified atom stereocenters. The predicted molar refractivity (Wildman–Crippen MR) is 81.4 cm³/mol. The normalized spacial score (nSPS) is 23.6. The summed E-state index contributed by atoms with van der Waals surface area (Å²) in [4.78, 5) is 2.48. The smallest absolute Gasteiger partial charge is 0.127 e. The van der Waals surface area contributed by atoms with E-state index in [0.29, 0.717) is 0 Å². The minimum absolute atomic E-state index is 0.164. The molecule has 1 aliphatic rings. The first kappa shape index (κ1) is 15.1. The highest BCUT2D eigenvalue weighted by molar-refractivity contribution is 5.43. The van der Waals surface area contributed by atoms with Gasteiger partial charge in [-0.3, -0.25) is 4.90 Å². The van der Waals surface area contributed by atoms with Crippen molar-refractivity contribution in [2.75, 3.05) is 27.3 Å². The lowest BCUT2D eigenvalue weighted by atomic mass is 9.90. The summed E-state index contributed by atoms with van der Waals surface area (Å²) in [7, 11) is 3.38. The molecule has 1 fully saturated rings. The first-order valence-corrected chi connectivity index (χ1v) is 7.42. The lowest BCUT2D eigenvalue weighted by Gasteiger charge is -2.40. The van der Waals surface area contributed by atoms with Gasteiger partial charge in [-0.05, 0) is 38.4 Å². The highest BCUT2D eigenvalue weighted by Crippen LogP contribution is 2.37. The third-order valence-electron chi connectivity index (χ3n) is 4.05. The average molecular weight is 278 g/mol. The highest BCUT2D eigenvalue weighted by atomic mass is 16.5. The summed E-state index contributed by atoms with van der Waals surface area (Å²) >= 11 is 0. The molecule has 0 aromatic heterocycles. The molecular weight excluding hydrogens is 252 g/mol. The van der Waals surface area contributed by atoms with Gasteiger partial charge in [0.25, 0.3) is 0 Å². The standard InChI is InChI=1S/C16H26N2O2/c1-4-9-18-10-5-6-14(17)16(18)13-8-7-12(19-2)11-15(13)20-3/h7-8,11,14,16H,4-6,9-10,17H2,1-3H3. The Hall–Kier alpha value is -1.26. The van der Waals surface area contributed by atoms with Crippen LogP contribution in [0.3, 0.4) is 0 Å². The molecule has 0 saturated carbocycles. The van der Waals surface area contributed by atoms with Gasteiger partial charge in [0.2, 0.25) is 0 Å². The number of ether oxygens (including phenoxy) is 2. The molecule has 0 bridgehead atoms. The van der Waals surface area contributed by atoms with Crippen molar-refractivity contribution >= 4 is 0 Å². The van der Waals surface area contributed by atoms with Gasteiger partial charge in [0.1, 0.15) is 11.5 Å². The molecule has 2 rings (SSSR count). The number of hydrogen-bond donors (Lipinski definition) is 1. The number of nitrogens with zero attached hydrogens (tertiary/aromatic N) is 1. The van der Waals surface area contributed by atoms with Gasteiger partial charge in [0, 0.05) is 17.7 Å². The molecule has 1 aliphatic heterocycles.